The fraction of sp³-hybridized carbons (Fsp3) is 0.438. The first-order valence-electron chi connectivity index (χ1n) is 15.4. The number of benzene rings is 2. The number of carbonyl (C=O) groups is 2. The van der Waals surface area contributed by atoms with Gasteiger partial charge in [-0.1, -0.05) is 6.92 Å². The number of hydrogen-bond acceptors (Lipinski definition) is 9. The third-order valence-electron chi connectivity index (χ3n) is 7.87. The van der Waals surface area contributed by atoms with E-state index in [2.05, 4.69) is 15.3 Å². The molecule has 0 saturated carbocycles. The van der Waals surface area contributed by atoms with Gasteiger partial charge in [0.1, 0.15) is 19.3 Å². The fourth-order valence-electron chi connectivity index (χ4n) is 5.39. The summed E-state index contributed by atoms with van der Waals surface area (Å²) in [6.07, 6.45) is -17.7. The number of carbonyl (C=O) groups excluding carboxylic acids is 1. The number of carboxylic acid groups (broad SMARTS) is 1. The number of anilines is 2. The summed E-state index contributed by atoms with van der Waals surface area (Å²) >= 11 is 0. The molecule has 2 aromatic carbocycles. The molecule has 2 heterocycles. The molecule has 1 aliphatic heterocycles. The van der Waals surface area contributed by atoms with Crippen LogP contribution in [0.15, 0.2) is 42.6 Å². The predicted octanol–water partition coefficient (Wildman–Crippen LogP) is 6.61. The van der Waals surface area contributed by atoms with Crippen molar-refractivity contribution in [1.82, 2.24) is 9.97 Å². The van der Waals surface area contributed by atoms with E-state index in [4.69, 9.17) is 19.7 Å². The summed E-state index contributed by atoms with van der Waals surface area (Å²) in [5.74, 6) is -1.89. The Kier molecular flexibility index (Phi) is 12.1. The number of aliphatic hydroxyl groups is 2. The molecule has 0 bridgehead atoms. The molecule has 52 heavy (non-hydrogen) atoms. The number of rotatable bonds is 12. The molecular formula is C32H31F9N4O7. The Hall–Kier alpha value is -4.85. The molecule has 1 amide bonds. The standard InChI is InChI=1S/C32H31F9N4O7/c1-2-20-12-23(22-11-17(30(33,34)35)3-4-25(22)45(20)29(50)51-6-5-27(48)49)43-28-42-13-26(52-15-21(47)14-46)24(44-28)9-16-7-18(31(36,37)38)10-19(8-16)32(39,40)41/h3-4,7-8,10-11,13,20-21,23,46-47H,2,5-6,9,12,14-15H2,1H3,(H,48,49)(H,42,43,44)/t20-,21?,23+/m1/s1. The molecule has 0 saturated heterocycles. The lowest BCUT2D eigenvalue weighted by Gasteiger charge is -2.40. The molecule has 3 aromatic rings. The Morgan fingerprint density at radius 2 is 1.62 bits per heavy atom. The van der Waals surface area contributed by atoms with Crippen LogP contribution in [0.25, 0.3) is 0 Å². The number of aliphatic hydroxyl groups excluding tert-OH is 2. The molecule has 4 rings (SSSR count). The van der Waals surface area contributed by atoms with Crippen LogP contribution in [0, 0.1) is 0 Å². The number of carboxylic acids is 1. The predicted molar refractivity (Wildman–Crippen MR) is 162 cm³/mol. The normalized spacial score (nSPS) is 17.0. The summed E-state index contributed by atoms with van der Waals surface area (Å²) in [4.78, 5) is 33.4. The van der Waals surface area contributed by atoms with Crippen molar-refractivity contribution in [3.8, 4) is 5.75 Å². The summed E-state index contributed by atoms with van der Waals surface area (Å²) in [5, 5.41) is 30.7. The zero-order valence-corrected chi connectivity index (χ0v) is 26.9. The second-order valence-corrected chi connectivity index (χ2v) is 11.6. The van der Waals surface area contributed by atoms with Gasteiger partial charge in [-0.15, -0.1) is 0 Å². The third-order valence-corrected chi connectivity index (χ3v) is 7.87. The molecule has 1 aromatic heterocycles. The van der Waals surface area contributed by atoms with E-state index in [1.165, 1.54) is 0 Å². The van der Waals surface area contributed by atoms with Gasteiger partial charge in [-0.2, -0.15) is 39.5 Å². The Morgan fingerprint density at radius 3 is 2.17 bits per heavy atom. The van der Waals surface area contributed by atoms with Gasteiger partial charge in [0, 0.05) is 12.5 Å². The van der Waals surface area contributed by atoms with Crippen LogP contribution in [0.3, 0.4) is 0 Å². The van der Waals surface area contributed by atoms with E-state index in [9.17, 15) is 54.2 Å². The Balaban J connectivity index is 1.77. The Labute approximate surface area is 289 Å². The van der Waals surface area contributed by atoms with Crippen LogP contribution in [-0.4, -0.2) is 69.3 Å². The number of amides is 1. The van der Waals surface area contributed by atoms with Gasteiger partial charge in [-0.25, -0.2) is 14.8 Å². The van der Waals surface area contributed by atoms with Crippen molar-refractivity contribution in [2.24, 2.45) is 0 Å². The maximum Gasteiger partial charge on any atom is 0.416 e. The number of hydrogen-bond donors (Lipinski definition) is 4. The van der Waals surface area contributed by atoms with E-state index in [1.807, 2.05) is 0 Å². The minimum absolute atomic E-state index is 0.0225. The molecule has 11 nitrogen and oxygen atoms in total. The van der Waals surface area contributed by atoms with E-state index in [0.717, 1.165) is 29.3 Å². The first-order chi connectivity index (χ1) is 24.2. The van der Waals surface area contributed by atoms with Crippen molar-refractivity contribution in [2.45, 2.75) is 69.3 Å². The molecule has 1 unspecified atom stereocenters. The molecule has 284 valence electrons. The first kappa shape index (κ1) is 39.9. The summed E-state index contributed by atoms with van der Waals surface area (Å²) < 4.78 is 133. The van der Waals surface area contributed by atoms with Crippen LogP contribution in [0.1, 0.15) is 65.7 Å². The second-order valence-electron chi connectivity index (χ2n) is 11.6. The summed E-state index contributed by atoms with van der Waals surface area (Å²) in [6, 6.07) is 1.64. The maximum atomic E-state index is 13.8. The smallest absolute Gasteiger partial charge is 0.416 e. The first-order valence-corrected chi connectivity index (χ1v) is 15.4. The Morgan fingerprint density at radius 1 is 0.981 bits per heavy atom. The molecule has 0 aliphatic carbocycles. The van der Waals surface area contributed by atoms with Crippen molar-refractivity contribution >= 4 is 23.7 Å². The lowest BCUT2D eigenvalue weighted by atomic mass is 9.89. The van der Waals surface area contributed by atoms with E-state index < -0.39 is 104 Å². The third kappa shape index (κ3) is 9.93. The number of aliphatic carboxylic acids is 1. The number of aromatic nitrogens is 2. The largest absolute Gasteiger partial charge is 0.487 e. The van der Waals surface area contributed by atoms with Crippen molar-refractivity contribution in [3.05, 3.63) is 76.1 Å². The highest BCUT2D eigenvalue weighted by Gasteiger charge is 2.40. The summed E-state index contributed by atoms with van der Waals surface area (Å²) in [6.45, 7) is -0.194. The highest BCUT2D eigenvalue weighted by atomic mass is 19.4. The van der Waals surface area contributed by atoms with Crippen LogP contribution >= 0.6 is 0 Å². The quantitative estimate of drug-likeness (QED) is 0.149. The molecule has 0 radical (unpaired) electrons. The number of ether oxygens (including phenoxy) is 2. The zero-order chi connectivity index (χ0) is 38.6. The average molecular weight is 755 g/mol. The lowest BCUT2D eigenvalue weighted by Crippen LogP contribution is -2.46. The van der Waals surface area contributed by atoms with E-state index in [0.29, 0.717) is 12.1 Å². The fourth-order valence-corrected chi connectivity index (χ4v) is 5.39. The summed E-state index contributed by atoms with van der Waals surface area (Å²) in [5.41, 5.74) is -5.18. The van der Waals surface area contributed by atoms with Crippen molar-refractivity contribution in [1.29, 1.82) is 0 Å². The van der Waals surface area contributed by atoms with Gasteiger partial charge in [-0.3, -0.25) is 9.69 Å². The molecule has 20 heteroatoms. The van der Waals surface area contributed by atoms with Gasteiger partial charge >= 0.3 is 30.6 Å². The lowest BCUT2D eigenvalue weighted by molar-refractivity contribution is -0.143. The number of fused-ring (bicyclic) bond motifs is 1. The monoisotopic (exact) mass is 754 g/mol. The molecule has 4 N–H and O–H groups in total. The van der Waals surface area contributed by atoms with Gasteiger partial charge in [0.25, 0.3) is 0 Å². The van der Waals surface area contributed by atoms with Gasteiger partial charge in [0.15, 0.2) is 5.75 Å². The van der Waals surface area contributed by atoms with Crippen LogP contribution in [0.5, 0.6) is 5.75 Å². The SMILES string of the molecule is CC[C@@H]1C[C@H](Nc2ncc(OCC(O)CO)c(Cc3cc(C(F)(F)F)cc(C(F)(F)F)c3)n2)c2cc(C(F)(F)F)ccc2N1C(=O)OCCC(=O)O. The van der Waals surface area contributed by atoms with Crippen LogP contribution < -0.4 is 15.0 Å². The molecule has 3 atom stereocenters. The van der Waals surface area contributed by atoms with Gasteiger partial charge in [0.2, 0.25) is 5.95 Å². The van der Waals surface area contributed by atoms with Crippen LogP contribution in [-0.2, 0) is 34.5 Å². The Bertz CT molecular complexity index is 1720. The minimum Gasteiger partial charge on any atom is -0.487 e. The average Bonchev–Trinajstić information content (AvgIpc) is 3.05. The van der Waals surface area contributed by atoms with Crippen molar-refractivity contribution in [3.63, 3.8) is 0 Å². The van der Waals surface area contributed by atoms with Crippen LogP contribution in [0.2, 0.25) is 0 Å². The summed E-state index contributed by atoms with van der Waals surface area (Å²) in [7, 11) is 0. The molecule has 0 fully saturated rings. The molecular weight excluding hydrogens is 723 g/mol. The van der Waals surface area contributed by atoms with E-state index in [-0.39, 0.29) is 47.6 Å². The van der Waals surface area contributed by atoms with Gasteiger partial charge in [0.05, 0.1) is 53.3 Å². The van der Waals surface area contributed by atoms with E-state index >= 15 is 0 Å². The topological polar surface area (TPSA) is 154 Å². The van der Waals surface area contributed by atoms with Gasteiger partial charge in [-0.05, 0) is 60.4 Å². The number of halogens is 9. The second kappa shape index (κ2) is 15.8. The number of nitrogens with one attached hydrogen (secondary N) is 1. The number of alkyl halides is 9. The van der Waals surface area contributed by atoms with Crippen molar-refractivity contribution in [2.75, 3.05) is 30.0 Å². The van der Waals surface area contributed by atoms with E-state index in [1.54, 1.807) is 6.92 Å². The zero-order valence-electron chi connectivity index (χ0n) is 26.9. The minimum atomic E-state index is -5.16. The van der Waals surface area contributed by atoms with Crippen LogP contribution in [0.4, 0.5) is 55.9 Å². The highest BCUT2D eigenvalue weighted by Crippen LogP contribution is 2.43. The van der Waals surface area contributed by atoms with Crippen molar-refractivity contribution < 1.29 is 73.9 Å². The number of nitrogens with zero attached hydrogens (tertiary/aromatic N) is 3. The molecule has 0 spiro atoms. The molecule has 1 aliphatic rings. The maximum absolute atomic E-state index is 13.8. The highest BCUT2D eigenvalue weighted by molar-refractivity contribution is 5.90. The van der Waals surface area contributed by atoms with Gasteiger partial charge < -0.3 is 30.1 Å².